The lowest BCUT2D eigenvalue weighted by atomic mass is 10.2. The molecule has 0 radical (unpaired) electrons. The summed E-state index contributed by atoms with van der Waals surface area (Å²) in [5.74, 6) is 0.767. The van der Waals surface area contributed by atoms with E-state index >= 15 is 0 Å². The van der Waals surface area contributed by atoms with Crippen molar-refractivity contribution in [3.8, 4) is 6.07 Å². The quantitative estimate of drug-likeness (QED) is 0.784. The van der Waals surface area contributed by atoms with E-state index in [2.05, 4.69) is 22.2 Å². The van der Waals surface area contributed by atoms with Crippen LogP contribution >= 0.6 is 0 Å². The Morgan fingerprint density at radius 2 is 2.29 bits per heavy atom. The first-order valence-corrected chi connectivity index (χ1v) is 4.78. The lowest BCUT2D eigenvalue weighted by Gasteiger charge is -2.14. The fourth-order valence-corrected chi connectivity index (χ4v) is 1.44. The first-order chi connectivity index (χ1) is 6.78. The molecule has 0 spiro atoms. The van der Waals surface area contributed by atoms with Crippen LogP contribution in [0.1, 0.15) is 31.9 Å². The van der Waals surface area contributed by atoms with Crippen LogP contribution < -0.4 is 5.32 Å². The molecule has 1 saturated carbocycles. The highest BCUT2D eigenvalue weighted by Crippen LogP contribution is 2.41. The summed E-state index contributed by atoms with van der Waals surface area (Å²) in [6.45, 7) is 2.16. The number of anilines is 1. The number of rotatable bonds is 3. The zero-order valence-electron chi connectivity index (χ0n) is 8.12. The molecule has 0 aromatic carbocycles. The molecule has 0 atom stereocenters. The minimum absolute atomic E-state index is 0.253. The van der Waals surface area contributed by atoms with Gasteiger partial charge in [0.25, 0.3) is 0 Å². The molecule has 0 unspecified atom stereocenters. The molecule has 1 heterocycles. The fourth-order valence-electron chi connectivity index (χ4n) is 1.44. The molecule has 4 heteroatoms. The minimum atomic E-state index is 0.253. The second kappa shape index (κ2) is 3.26. The van der Waals surface area contributed by atoms with Crippen molar-refractivity contribution in [2.24, 2.45) is 0 Å². The Balaban J connectivity index is 2.08. The van der Waals surface area contributed by atoms with Crippen LogP contribution in [0.2, 0.25) is 0 Å². The average Bonchev–Trinajstić information content (AvgIpc) is 3.00. The van der Waals surface area contributed by atoms with E-state index < -0.39 is 0 Å². The molecule has 0 aliphatic heterocycles. The van der Waals surface area contributed by atoms with E-state index in [1.165, 1.54) is 19.0 Å². The lowest BCUT2D eigenvalue weighted by molar-refractivity contribution is 0.696. The van der Waals surface area contributed by atoms with Crippen molar-refractivity contribution in [2.75, 3.05) is 5.32 Å². The highest BCUT2D eigenvalue weighted by Gasteiger charge is 2.40. The van der Waals surface area contributed by atoms with Gasteiger partial charge in [-0.25, -0.2) is 9.97 Å². The van der Waals surface area contributed by atoms with Crippen LogP contribution in [0.5, 0.6) is 0 Å². The Morgan fingerprint density at radius 1 is 1.50 bits per heavy atom. The Kier molecular flexibility index (Phi) is 2.08. The molecule has 0 saturated heterocycles. The smallest absolute Gasteiger partial charge is 0.158 e. The number of nitrogens with zero attached hydrogens (tertiary/aromatic N) is 3. The Morgan fingerprint density at radius 3 is 2.71 bits per heavy atom. The zero-order valence-corrected chi connectivity index (χ0v) is 8.12. The van der Waals surface area contributed by atoms with E-state index in [9.17, 15) is 0 Å². The zero-order chi connectivity index (χ0) is 10.0. The molecule has 0 amide bonds. The second-order valence-corrected chi connectivity index (χ2v) is 3.66. The fraction of sp³-hybridized carbons (Fsp3) is 0.500. The van der Waals surface area contributed by atoms with Crippen molar-refractivity contribution in [3.63, 3.8) is 0 Å². The third-order valence-corrected chi connectivity index (χ3v) is 2.69. The van der Waals surface area contributed by atoms with Gasteiger partial charge in [0.15, 0.2) is 5.69 Å². The maximum atomic E-state index is 8.55. The first kappa shape index (κ1) is 8.95. The normalized spacial score (nSPS) is 17.1. The molecule has 14 heavy (non-hydrogen) atoms. The van der Waals surface area contributed by atoms with E-state index in [0.29, 0.717) is 5.69 Å². The molecule has 72 valence electrons. The molecule has 1 aliphatic carbocycles. The lowest BCUT2D eigenvalue weighted by Crippen LogP contribution is -2.20. The predicted molar refractivity (Wildman–Crippen MR) is 52.6 cm³/mol. The van der Waals surface area contributed by atoms with E-state index in [4.69, 9.17) is 5.26 Å². The third-order valence-electron chi connectivity index (χ3n) is 2.69. The SMILES string of the molecule is CCC1(Nc2cnc(C#N)cn2)CC1. The van der Waals surface area contributed by atoms with Gasteiger partial charge in [0, 0.05) is 5.54 Å². The molecule has 1 aromatic rings. The Hall–Kier alpha value is -1.63. The van der Waals surface area contributed by atoms with Gasteiger partial charge in [0.1, 0.15) is 11.9 Å². The molecule has 4 nitrogen and oxygen atoms in total. The van der Waals surface area contributed by atoms with Gasteiger partial charge in [-0.1, -0.05) is 6.92 Å². The maximum Gasteiger partial charge on any atom is 0.158 e. The van der Waals surface area contributed by atoms with Gasteiger partial charge < -0.3 is 5.32 Å². The summed E-state index contributed by atoms with van der Waals surface area (Å²) in [7, 11) is 0. The number of nitrogens with one attached hydrogen (secondary N) is 1. The summed E-state index contributed by atoms with van der Waals surface area (Å²) in [6, 6.07) is 1.95. The highest BCUT2D eigenvalue weighted by molar-refractivity contribution is 5.39. The Bertz CT molecular complexity index is 359. The van der Waals surface area contributed by atoms with E-state index in [1.807, 2.05) is 6.07 Å². The number of aromatic nitrogens is 2. The van der Waals surface area contributed by atoms with Crippen LogP contribution in [0.4, 0.5) is 5.82 Å². The standard InChI is InChI=1S/C10H12N4/c1-2-10(3-4-10)14-9-7-12-8(5-11)6-13-9/h6-7H,2-4H2,1H3,(H,13,14). The molecular formula is C10H12N4. The summed E-state index contributed by atoms with van der Waals surface area (Å²) < 4.78 is 0. The summed E-state index contributed by atoms with van der Waals surface area (Å²) in [6.07, 6.45) is 6.62. The first-order valence-electron chi connectivity index (χ1n) is 4.78. The number of nitriles is 1. The molecular weight excluding hydrogens is 176 g/mol. The molecule has 2 rings (SSSR count). The van der Waals surface area contributed by atoms with Crippen LogP contribution in [-0.4, -0.2) is 15.5 Å². The monoisotopic (exact) mass is 188 g/mol. The third kappa shape index (κ3) is 1.67. The van der Waals surface area contributed by atoms with Crippen LogP contribution in [0.3, 0.4) is 0 Å². The number of hydrogen-bond acceptors (Lipinski definition) is 4. The second-order valence-electron chi connectivity index (χ2n) is 3.66. The predicted octanol–water partition coefficient (Wildman–Crippen LogP) is 1.70. The maximum absolute atomic E-state index is 8.55. The summed E-state index contributed by atoms with van der Waals surface area (Å²) in [5.41, 5.74) is 0.611. The summed E-state index contributed by atoms with van der Waals surface area (Å²) >= 11 is 0. The van der Waals surface area contributed by atoms with Crippen molar-refractivity contribution in [3.05, 3.63) is 18.1 Å². The molecule has 1 N–H and O–H groups in total. The van der Waals surface area contributed by atoms with Crippen LogP contribution in [-0.2, 0) is 0 Å². The topological polar surface area (TPSA) is 61.6 Å². The van der Waals surface area contributed by atoms with Crippen molar-refractivity contribution < 1.29 is 0 Å². The van der Waals surface area contributed by atoms with Crippen molar-refractivity contribution >= 4 is 5.82 Å². The van der Waals surface area contributed by atoms with Gasteiger partial charge in [-0.3, -0.25) is 0 Å². The summed E-state index contributed by atoms with van der Waals surface area (Å²) in [5, 5.41) is 11.9. The van der Waals surface area contributed by atoms with Gasteiger partial charge in [0.2, 0.25) is 0 Å². The highest BCUT2D eigenvalue weighted by atomic mass is 15.1. The molecule has 1 aromatic heterocycles. The molecule has 1 aliphatic rings. The van der Waals surface area contributed by atoms with Gasteiger partial charge >= 0.3 is 0 Å². The molecule has 1 fully saturated rings. The van der Waals surface area contributed by atoms with Crippen LogP contribution in [0.15, 0.2) is 12.4 Å². The van der Waals surface area contributed by atoms with Gasteiger partial charge in [-0.15, -0.1) is 0 Å². The largest absolute Gasteiger partial charge is 0.363 e. The van der Waals surface area contributed by atoms with Gasteiger partial charge in [-0.2, -0.15) is 5.26 Å². The van der Waals surface area contributed by atoms with Gasteiger partial charge in [0.05, 0.1) is 12.4 Å². The van der Waals surface area contributed by atoms with E-state index in [-0.39, 0.29) is 5.54 Å². The average molecular weight is 188 g/mol. The summed E-state index contributed by atoms with van der Waals surface area (Å²) in [4.78, 5) is 8.08. The van der Waals surface area contributed by atoms with Crippen LogP contribution in [0, 0.1) is 11.3 Å². The van der Waals surface area contributed by atoms with Crippen LogP contribution in [0.25, 0.3) is 0 Å². The van der Waals surface area contributed by atoms with Gasteiger partial charge in [-0.05, 0) is 19.3 Å². The van der Waals surface area contributed by atoms with Crippen molar-refractivity contribution in [1.29, 1.82) is 5.26 Å². The molecule has 0 bridgehead atoms. The minimum Gasteiger partial charge on any atom is -0.363 e. The van der Waals surface area contributed by atoms with Crippen molar-refractivity contribution in [2.45, 2.75) is 31.7 Å². The van der Waals surface area contributed by atoms with E-state index in [1.54, 1.807) is 6.20 Å². The Labute approximate surface area is 83.0 Å². The van der Waals surface area contributed by atoms with E-state index in [0.717, 1.165) is 12.2 Å². The van der Waals surface area contributed by atoms with Crippen molar-refractivity contribution in [1.82, 2.24) is 9.97 Å². The number of hydrogen-bond donors (Lipinski definition) is 1.